The van der Waals surface area contributed by atoms with Crippen LogP contribution in [0.5, 0.6) is 0 Å². The summed E-state index contributed by atoms with van der Waals surface area (Å²) >= 11 is 6.03. The molecule has 0 fully saturated rings. The van der Waals surface area contributed by atoms with Crippen molar-refractivity contribution in [2.45, 2.75) is 26.2 Å². The summed E-state index contributed by atoms with van der Waals surface area (Å²) in [5.41, 5.74) is 3.47. The Labute approximate surface area is 105 Å². The molecule has 3 rings (SSSR count). The Balaban J connectivity index is 2.45. The van der Waals surface area contributed by atoms with Crippen LogP contribution in [0, 0.1) is 0 Å². The summed E-state index contributed by atoms with van der Waals surface area (Å²) in [6.45, 7) is 1.65. The van der Waals surface area contributed by atoms with Crippen molar-refractivity contribution in [3.63, 3.8) is 0 Å². The van der Waals surface area contributed by atoms with Crippen molar-refractivity contribution in [3.05, 3.63) is 46.0 Å². The molecular formula is C15H13ClO. The van der Waals surface area contributed by atoms with Crippen molar-refractivity contribution >= 4 is 28.2 Å². The molecule has 2 aromatic rings. The van der Waals surface area contributed by atoms with E-state index in [4.69, 9.17) is 11.6 Å². The highest BCUT2D eigenvalue weighted by molar-refractivity contribution is 6.31. The number of aryl methyl sites for hydroxylation is 1. The molecule has 0 saturated heterocycles. The number of fused-ring (bicyclic) bond motifs is 2. The third kappa shape index (κ3) is 1.66. The molecule has 17 heavy (non-hydrogen) atoms. The molecule has 0 aliphatic heterocycles. The molecule has 0 N–H and O–H groups in total. The van der Waals surface area contributed by atoms with E-state index >= 15 is 0 Å². The van der Waals surface area contributed by atoms with Crippen LogP contribution in [0.4, 0.5) is 0 Å². The first-order chi connectivity index (χ1) is 8.16. The average Bonchev–Trinajstić information content (AvgIpc) is 2.72. The first-order valence-electron chi connectivity index (χ1n) is 5.92. The van der Waals surface area contributed by atoms with Gasteiger partial charge in [0.15, 0.2) is 5.78 Å². The number of rotatable bonds is 1. The molecule has 0 amide bonds. The van der Waals surface area contributed by atoms with Gasteiger partial charge in [-0.3, -0.25) is 4.79 Å². The predicted molar refractivity (Wildman–Crippen MR) is 71.0 cm³/mol. The lowest BCUT2D eigenvalue weighted by molar-refractivity contribution is 0.101. The Bertz CT molecular complexity index is 628. The molecule has 86 valence electrons. The fourth-order valence-corrected chi connectivity index (χ4v) is 3.01. The zero-order chi connectivity index (χ0) is 12.0. The highest BCUT2D eigenvalue weighted by atomic mass is 35.5. The number of carbonyl (C=O) groups excluding carboxylic acids is 1. The van der Waals surface area contributed by atoms with Gasteiger partial charge in [-0.25, -0.2) is 0 Å². The predicted octanol–water partition coefficient (Wildman–Crippen LogP) is 4.18. The minimum absolute atomic E-state index is 0.149. The van der Waals surface area contributed by atoms with Crippen molar-refractivity contribution < 1.29 is 4.79 Å². The Morgan fingerprint density at radius 1 is 1.24 bits per heavy atom. The van der Waals surface area contributed by atoms with Gasteiger partial charge < -0.3 is 0 Å². The molecule has 1 nitrogen and oxygen atoms in total. The fourth-order valence-electron chi connectivity index (χ4n) is 2.84. The van der Waals surface area contributed by atoms with Gasteiger partial charge in [0.1, 0.15) is 0 Å². The first kappa shape index (κ1) is 10.8. The van der Waals surface area contributed by atoms with Crippen LogP contribution in [0.15, 0.2) is 24.3 Å². The van der Waals surface area contributed by atoms with Crippen LogP contribution in [0.2, 0.25) is 5.02 Å². The lowest BCUT2D eigenvalue weighted by atomic mass is 9.93. The van der Waals surface area contributed by atoms with Crippen molar-refractivity contribution in [2.75, 3.05) is 0 Å². The van der Waals surface area contributed by atoms with E-state index in [0.717, 1.165) is 35.6 Å². The minimum atomic E-state index is 0.149. The monoisotopic (exact) mass is 244 g/mol. The molecule has 0 bridgehead atoms. The van der Waals surface area contributed by atoms with E-state index < -0.39 is 0 Å². The Kier molecular flexibility index (Phi) is 2.44. The maximum absolute atomic E-state index is 11.9. The van der Waals surface area contributed by atoms with E-state index in [1.807, 2.05) is 18.2 Å². The highest BCUT2D eigenvalue weighted by Crippen LogP contribution is 2.33. The van der Waals surface area contributed by atoms with Crippen LogP contribution in [-0.2, 0) is 12.8 Å². The Morgan fingerprint density at radius 2 is 2.06 bits per heavy atom. The summed E-state index contributed by atoms with van der Waals surface area (Å²) in [6.07, 6.45) is 3.26. The van der Waals surface area contributed by atoms with Gasteiger partial charge in [0.25, 0.3) is 0 Å². The molecule has 1 aliphatic carbocycles. The van der Waals surface area contributed by atoms with Crippen molar-refractivity contribution in [1.82, 2.24) is 0 Å². The fraction of sp³-hybridized carbons (Fsp3) is 0.267. The van der Waals surface area contributed by atoms with Crippen molar-refractivity contribution in [2.24, 2.45) is 0 Å². The summed E-state index contributed by atoms with van der Waals surface area (Å²) in [7, 11) is 0. The van der Waals surface area contributed by atoms with E-state index in [2.05, 4.69) is 6.07 Å². The molecule has 0 atom stereocenters. The molecule has 0 saturated carbocycles. The number of benzene rings is 2. The van der Waals surface area contributed by atoms with Gasteiger partial charge in [-0.1, -0.05) is 23.7 Å². The molecule has 2 aromatic carbocycles. The van der Waals surface area contributed by atoms with E-state index in [1.54, 1.807) is 6.92 Å². The largest absolute Gasteiger partial charge is 0.294 e. The van der Waals surface area contributed by atoms with E-state index in [1.165, 1.54) is 11.1 Å². The second-order valence-electron chi connectivity index (χ2n) is 4.66. The van der Waals surface area contributed by atoms with E-state index in [9.17, 15) is 4.79 Å². The standard InChI is InChI=1S/C15H13ClO/c1-9(17)15-13-4-2-3-10(13)7-11-5-6-12(16)8-14(11)15/h5-8H,2-4H2,1H3. The molecule has 0 spiro atoms. The first-order valence-corrected chi connectivity index (χ1v) is 6.29. The third-order valence-electron chi connectivity index (χ3n) is 3.53. The van der Waals surface area contributed by atoms with Gasteiger partial charge >= 0.3 is 0 Å². The number of Topliss-reactive ketones (excluding diaryl/α,β-unsaturated/α-hetero) is 1. The molecular weight excluding hydrogens is 232 g/mol. The topological polar surface area (TPSA) is 17.1 Å². The second-order valence-corrected chi connectivity index (χ2v) is 5.10. The zero-order valence-electron chi connectivity index (χ0n) is 9.72. The SMILES string of the molecule is CC(=O)c1c2c(cc3ccc(Cl)cc13)CCC2. The molecule has 0 unspecified atom stereocenters. The Morgan fingerprint density at radius 3 is 2.82 bits per heavy atom. The zero-order valence-corrected chi connectivity index (χ0v) is 10.5. The molecule has 0 aromatic heterocycles. The van der Waals surface area contributed by atoms with Crippen molar-refractivity contribution in [3.8, 4) is 0 Å². The number of hydrogen-bond acceptors (Lipinski definition) is 1. The molecule has 0 radical (unpaired) electrons. The van der Waals surface area contributed by atoms with Crippen LogP contribution < -0.4 is 0 Å². The third-order valence-corrected chi connectivity index (χ3v) is 3.76. The van der Waals surface area contributed by atoms with Crippen LogP contribution in [0.25, 0.3) is 10.8 Å². The van der Waals surface area contributed by atoms with Gasteiger partial charge in [0, 0.05) is 10.6 Å². The Hall–Kier alpha value is -1.34. The highest BCUT2D eigenvalue weighted by Gasteiger charge is 2.20. The lowest BCUT2D eigenvalue weighted by Crippen LogP contribution is -2.01. The normalized spacial score (nSPS) is 14.0. The van der Waals surface area contributed by atoms with Crippen molar-refractivity contribution in [1.29, 1.82) is 0 Å². The average molecular weight is 245 g/mol. The summed E-state index contributed by atoms with van der Waals surface area (Å²) < 4.78 is 0. The van der Waals surface area contributed by atoms with Gasteiger partial charge in [-0.05, 0) is 60.2 Å². The van der Waals surface area contributed by atoms with Gasteiger partial charge in [-0.15, -0.1) is 0 Å². The van der Waals surface area contributed by atoms with Crippen LogP contribution in [0.3, 0.4) is 0 Å². The minimum Gasteiger partial charge on any atom is -0.294 e. The summed E-state index contributed by atoms with van der Waals surface area (Å²) in [5, 5.41) is 2.82. The summed E-state index contributed by atoms with van der Waals surface area (Å²) in [6, 6.07) is 8.00. The van der Waals surface area contributed by atoms with E-state index in [-0.39, 0.29) is 5.78 Å². The maximum Gasteiger partial charge on any atom is 0.160 e. The van der Waals surface area contributed by atoms with E-state index in [0.29, 0.717) is 5.02 Å². The number of carbonyl (C=O) groups is 1. The van der Waals surface area contributed by atoms with Crippen LogP contribution in [-0.4, -0.2) is 5.78 Å². The van der Waals surface area contributed by atoms with Gasteiger partial charge in [0.05, 0.1) is 0 Å². The number of ketones is 1. The smallest absolute Gasteiger partial charge is 0.160 e. The van der Waals surface area contributed by atoms with Gasteiger partial charge in [0.2, 0.25) is 0 Å². The number of halogens is 1. The number of hydrogen-bond donors (Lipinski definition) is 0. The van der Waals surface area contributed by atoms with Crippen LogP contribution in [0.1, 0.15) is 34.8 Å². The molecule has 0 heterocycles. The molecule has 1 aliphatic rings. The quantitative estimate of drug-likeness (QED) is 0.688. The lowest BCUT2D eigenvalue weighted by Gasteiger charge is -2.10. The summed E-state index contributed by atoms with van der Waals surface area (Å²) in [4.78, 5) is 11.9. The second kappa shape index (κ2) is 3.85. The maximum atomic E-state index is 11.9. The van der Waals surface area contributed by atoms with Crippen LogP contribution >= 0.6 is 11.6 Å². The summed E-state index contributed by atoms with van der Waals surface area (Å²) in [5.74, 6) is 0.149. The molecule has 2 heteroatoms. The van der Waals surface area contributed by atoms with Gasteiger partial charge in [-0.2, -0.15) is 0 Å².